The fraction of sp³-hybridized carbons (Fsp3) is 0.400. The van der Waals surface area contributed by atoms with Crippen molar-refractivity contribution in [1.82, 2.24) is 0 Å². The molecule has 3 rings (SSSR count). The molecule has 0 aromatic heterocycles. The Hall–Kier alpha value is -2.28. The number of rotatable bonds is 3. The zero-order valence-electron chi connectivity index (χ0n) is 22.3. The average Bonchev–Trinajstić information content (AvgIpc) is 2.77. The summed E-state index contributed by atoms with van der Waals surface area (Å²) in [4.78, 5) is 0. The Morgan fingerprint density at radius 1 is 0.355 bits per heavy atom. The van der Waals surface area contributed by atoms with Gasteiger partial charge in [-0.25, -0.2) is 0 Å². The van der Waals surface area contributed by atoms with E-state index in [-0.39, 0.29) is 6.71 Å². The topological polar surface area (TPSA) is 0 Å². The lowest BCUT2D eigenvalue weighted by molar-refractivity contribution is 1.39. The molecule has 0 bridgehead atoms. The molecule has 0 saturated heterocycles. The third-order valence-corrected chi connectivity index (χ3v) is 5.49. The second-order valence-electron chi connectivity index (χ2n) is 7.35. The monoisotopic (exact) mass is 416 g/mol. The summed E-state index contributed by atoms with van der Waals surface area (Å²) in [5.74, 6) is 0. The van der Waals surface area contributed by atoms with Gasteiger partial charge in [-0.3, -0.25) is 0 Å². The van der Waals surface area contributed by atoms with Gasteiger partial charge in [-0.2, -0.15) is 0 Å². The fourth-order valence-corrected chi connectivity index (χ4v) is 4.28. The summed E-state index contributed by atoms with van der Waals surface area (Å²) in [6.07, 6.45) is 0. The van der Waals surface area contributed by atoms with Crippen LogP contribution in [0.3, 0.4) is 0 Å². The Morgan fingerprint density at radius 3 is 0.677 bits per heavy atom. The van der Waals surface area contributed by atoms with Crippen LogP contribution in [0.25, 0.3) is 0 Å². The van der Waals surface area contributed by atoms with E-state index in [2.05, 4.69) is 96.1 Å². The number of hydrogen-bond donors (Lipinski definition) is 0. The van der Waals surface area contributed by atoms with Crippen LogP contribution in [0.5, 0.6) is 0 Å². The lowest BCUT2D eigenvalue weighted by atomic mass is 9.33. The van der Waals surface area contributed by atoms with Crippen molar-refractivity contribution in [3.05, 3.63) is 88.0 Å². The van der Waals surface area contributed by atoms with Crippen LogP contribution in [-0.4, -0.2) is 6.71 Å². The molecular weight excluding hydrogens is 371 g/mol. The van der Waals surface area contributed by atoms with Crippen molar-refractivity contribution >= 4 is 23.1 Å². The number of aryl methyl sites for hydroxylation is 6. The van der Waals surface area contributed by atoms with Gasteiger partial charge in [0.05, 0.1) is 0 Å². The minimum absolute atomic E-state index is 0.281. The summed E-state index contributed by atoms with van der Waals surface area (Å²) in [6, 6.07) is 20.0. The minimum Gasteiger partial charge on any atom is -0.0683 e. The zero-order valence-corrected chi connectivity index (χ0v) is 22.3. The van der Waals surface area contributed by atoms with Gasteiger partial charge in [0.25, 0.3) is 0 Å². The van der Waals surface area contributed by atoms with Gasteiger partial charge in [0, 0.05) is 0 Å². The highest BCUT2D eigenvalue weighted by Gasteiger charge is 2.29. The Balaban J connectivity index is 0.00000138. The Kier molecular flexibility index (Phi) is 13.6. The Bertz CT molecular complexity index is 739. The molecule has 0 unspecified atom stereocenters. The first kappa shape index (κ1) is 28.7. The van der Waals surface area contributed by atoms with Crippen molar-refractivity contribution in [3.63, 3.8) is 0 Å². The van der Waals surface area contributed by atoms with E-state index in [1.54, 1.807) is 0 Å². The number of hydrogen-bond acceptors (Lipinski definition) is 0. The smallest absolute Gasteiger partial charge is 0.0683 e. The molecule has 0 fully saturated rings. The molecule has 0 aliphatic heterocycles. The summed E-state index contributed by atoms with van der Waals surface area (Å²) >= 11 is 0. The van der Waals surface area contributed by atoms with Gasteiger partial charge in [-0.05, 0) is 41.5 Å². The molecule has 0 aliphatic rings. The van der Waals surface area contributed by atoms with Crippen molar-refractivity contribution in [2.24, 2.45) is 0 Å². The van der Waals surface area contributed by atoms with Crippen molar-refractivity contribution in [2.75, 3.05) is 0 Å². The third kappa shape index (κ3) is 6.86. The van der Waals surface area contributed by atoms with Crippen molar-refractivity contribution < 1.29 is 0 Å². The summed E-state index contributed by atoms with van der Waals surface area (Å²) in [5, 5.41) is 0. The second kappa shape index (κ2) is 14.7. The maximum atomic E-state index is 2.25. The average molecular weight is 417 g/mol. The molecule has 0 saturated carbocycles. The predicted octanol–water partition coefficient (Wildman–Crippen LogP) is 7.13. The summed E-state index contributed by atoms with van der Waals surface area (Å²) in [6.45, 7) is 25.8. The predicted molar refractivity (Wildman–Crippen MR) is 146 cm³/mol. The molecule has 168 valence electrons. The molecule has 3 aromatic rings. The zero-order chi connectivity index (χ0) is 24.1. The highest BCUT2D eigenvalue weighted by molar-refractivity contribution is 6.97. The van der Waals surface area contributed by atoms with Crippen LogP contribution in [0.1, 0.15) is 74.9 Å². The largest absolute Gasteiger partial charge is 0.243 e. The summed E-state index contributed by atoms with van der Waals surface area (Å²) in [7, 11) is 0. The molecule has 0 N–H and O–H groups in total. The second-order valence-corrected chi connectivity index (χ2v) is 7.35. The van der Waals surface area contributed by atoms with Gasteiger partial charge in [0.2, 0.25) is 6.71 Å². The standard InChI is InChI=1S/C24H27B.3C2H6/c1-16-10-7-11-17(2)22(16)25(23-18(3)12-8-13-19(23)4)24-20(5)14-9-15-21(24)6;3*1-2/h7-15H,1-6H3;3*1-2H3. The molecule has 0 heterocycles. The lowest BCUT2D eigenvalue weighted by Gasteiger charge is -2.26. The van der Waals surface area contributed by atoms with Crippen molar-refractivity contribution in [1.29, 1.82) is 0 Å². The van der Waals surface area contributed by atoms with Crippen LogP contribution >= 0.6 is 0 Å². The molecule has 3 aromatic carbocycles. The highest BCUT2D eigenvalue weighted by atomic mass is 14.1. The van der Waals surface area contributed by atoms with E-state index in [1.165, 1.54) is 49.8 Å². The van der Waals surface area contributed by atoms with E-state index in [9.17, 15) is 0 Å². The molecule has 0 amide bonds. The Morgan fingerprint density at radius 2 is 0.516 bits per heavy atom. The third-order valence-electron chi connectivity index (χ3n) is 5.49. The first-order valence-corrected chi connectivity index (χ1v) is 12.1. The lowest BCUT2D eigenvalue weighted by Crippen LogP contribution is -2.57. The first-order valence-electron chi connectivity index (χ1n) is 12.1. The molecule has 0 atom stereocenters. The molecule has 0 aliphatic carbocycles. The van der Waals surface area contributed by atoms with E-state index >= 15 is 0 Å². The Labute approximate surface area is 194 Å². The summed E-state index contributed by atoms with van der Waals surface area (Å²) < 4.78 is 0. The van der Waals surface area contributed by atoms with Gasteiger partial charge < -0.3 is 0 Å². The summed E-state index contributed by atoms with van der Waals surface area (Å²) in [5.41, 5.74) is 12.6. The first-order chi connectivity index (χ1) is 14.9. The quantitative estimate of drug-likeness (QED) is 0.398. The van der Waals surface area contributed by atoms with Crippen LogP contribution in [0.2, 0.25) is 0 Å². The van der Waals surface area contributed by atoms with E-state index in [4.69, 9.17) is 0 Å². The number of benzene rings is 3. The molecular formula is C30H45B. The molecule has 0 radical (unpaired) electrons. The van der Waals surface area contributed by atoms with Crippen LogP contribution in [0.15, 0.2) is 54.6 Å². The maximum Gasteiger partial charge on any atom is 0.243 e. The normalized spacial score (nSPS) is 9.29. The SMILES string of the molecule is CC.CC.CC.Cc1cccc(C)c1B(c1c(C)cccc1C)c1c(C)cccc1C. The van der Waals surface area contributed by atoms with Gasteiger partial charge in [0.15, 0.2) is 0 Å². The minimum atomic E-state index is 0.281. The molecule has 0 nitrogen and oxygen atoms in total. The molecule has 0 spiro atoms. The van der Waals surface area contributed by atoms with E-state index in [0.29, 0.717) is 0 Å². The van der Waals surface area contributed by atoms with Crippen molar-refractivity contribution in [3.8, 4) is 0 Å². The van der Waals surface area contributed by atoms with Crippen LogP contribution in [0.4, 0.5) is 0 Å². The molecule has 1 heteroatoms. The fourth-order valence-electron chi connectivity index (χ4n) is 4.28. The van der Waals surface area contributed by atoms with Crippen LogP contribution in [0, 0.1) is 41.5 Å². The van der Waals surface area contributed by atoms with E-state index in [1.807, 2.05) is 41.5 Å². The van der Waals surface area contributed by atoms with Gasteiger partial charge >= 0.3 is 0 Å². The van der Waals surface area contributed by atoms with Crippen LogP contribution in [-0.2, 0) is 0 Å². The van der Waals surface area contributed by atoms with Gasteiger partial charge in [-0.15, -0.1) is 0 Å². The van der Waals surface area contributed by atoms with Crippen LogP contribution < -0.4 is 16.4 Å². The van der Waals surface area contributed by atoms with E-state index in [0.717, 1.165) is 0 Å². The van der Waals surface area contributed by atoms with E-state index < -0.39 is 0 Å². The molecule has 31 heavy (non-hydrogen) atoms. The van der Waals surface area contributed by atoms with Gasteiger partial charge in [0.1, 0.15) is 0 Å². The highest BCUT2D eigenvalue weighted by Crippen LogP contribution is 2.12. The maximum absolute atomic E-state index is 2.25. The van der Waals surface area contributed by atoms with Gasteiger partial charge in [-0.1, -0.05) is 146 Å². The van der Waals surface area contributed by atoms with Crippen molar-refractivity contribution in [2.45, 2.75) is 83.1 Å².